The van der Waals surface area contributed by atoms with E-state index in [1.807, 2.05) is 18.2 Å². The Morgan fingerprint density at radius 3 is 2.04 bits per heavy atom. The first-order valence-corrected chi connectivity index (χ1v) is 7.96. The Hall–Kier alpha value is -2.36. The molecule has 2 rings (SSSR count). The van der Waals surface area contributed by atoms with Gasteiger partial charge in [0.05, 0.1) is 14.2 Å². The number of aryl methyl sites for hydroxylation is 3. The summed E-state index contributed by atoms with van der Waals surface area (Å²) in [4.78, 5) is 24.2. The van der Waals surface area contributed by atoms with Crippen molar-refractivity contribution in [3.8, 4) is 0 Å². The third kappa shape index (κ3) is 3.28. The number of hydrogen-bond donors (Lipinski definition) is 0. The van der Waals surface area contributed by atoms with Crippen LogP contribution in [-0.4, -0.2) is 26.2 Å². The predicted molar refractivity (Wildman–Crippen MR) is 93.5 cm³/mol. The monoisotopic (exact) mass is 328 g/mol. The minimum absolute atomic E-state index is 0.298. The molecule has 0 heterocycles. The van der Waals surface area contributed by atoms with E-state index >= 15 is 0 Å². The number of methoxy groups -OCH3 is 2. The summed E-state index contributed by atoms with van der Waals surface area (Å²) in [6.45, 7) is 6.24. The summed E-state index contributed by atoms with van der Waals surface area (Å²) >= 11 is 0. The van der Waals surface area contributed by atoms with Crippen LogP contribution in [0.15, 0.2) is 29.9 Å². The second kappa shape index (κ2) is 7.04. The SMILES string of the molecule is COC(=O)C1(C(=O)OC)CC=C(/C=C/c2c(C)cc(C)cc2C)C1. The van der Waals surface area contributed by atoms with Gasteiger partial charge in [0.1, 0.15) is 0 Å². The van der Waals surface area contributed by atoms with E-state index in [0.717, 1.165) is 11.1 Å². The smallest absolute Gasteiger partial charge is 0.323 e. The molecule has 0 fully saturated rings. The van der Waals surface area contributed by atoms with Crippen LogP contribution < -0.4 is 0 Å². The zero-order valence-electron chi connectivity index (χ0n) is 14.9. The van der Waals surface area contributed by atoms with Crippen molar-refractivity contribution in [2.75, 3.05) is 14.2 Å². The Morgan fingerprint density at radius 2 is 1.54 bits per heavy atom. The number of ether oxygens (including phenoxy) is 2. The van der Waals surface area contributed by atoms with Gasteiger partial charge >= 0.3 is 11.9 Å². The minimum atomic E-state index is -1.25. The largest absolute Gasteiger partial charge is 0.468 e. The molecule has 1 aromatic carbocycles. The van der Waals surface area contributed by atoms with E-state index in [1.54, 1.807) is 0 Å². The van der Waals surface area contributed by atoms with Gasteiger partial charge in [-0.15, -0.1) is 0 Å². The minimum Gasteiger partial charge on any atom is -0.468 e. The topological polar surface area (TPSA) is 52.6 Å². The van der Waals surface area contributed by atoms with Gasteiger partial charge in [-0.25, -0.2) is 0 Å². The van der Waals surface area contributed by atoms with Gasteiger partial charge in [0.2, 0.25) is 0 Å². The molecule has 0 radical (unpaired) electrons. The molecule has 1 aliphatic rings. The molecule has 0 saturated heterocycles. The van der Waals surface area contributed by atoms with Gasteiger partial charge in [-0.2, -0.15) is 0 Å². The molecular formula is C20H24O4. The lowest BCUT2D eigenvalue weighted by atomic mass is 9.84. The maximum Gasteiger partial charge on any atom is 0.323 e. The summed E-state index contributed by atoms with van der Waals surface area (Å²) in [6, 6.07) is 4.28. The summed E-state index contributed by atoms with van der Waals surface area (Å²) in [7, 11) is 2.58. The highest BCUT2D eigenvalue weighted by molar-refractivity contribution is 6.01. The van der Waals surface area contributed by atoms with Gasteiger partial charge in [0, 0.05) is 0 Å². The van der Waals surface area contributed by atoms with Crippen molar-refractivity contribution >= 4 is 18.0 Å². The summed E-state index contributed by atoms with van der Waals surface area (Å²) in [5, 5.41) is 0. The van der Waals surface area contributed by atoms with Gasteiger partial charge in [-0.3, -0.25) is 9.59 Å². The Bertz CT molecular complexity index is 686. The van der Waals surface area contributed by atoms with Crippen LogP contribution in [0.4, 0.5) is 0 Å². The number of carbonyl (C=O) groups excluding carboxylic acids is 2. The highest BCUT2D eigenvalue weighted by atomic mass is 16.5. The van der Waals surface area contributed by atoms with Gasteiger partial charge in [-0.1, -0.05) is 41.5 Å². The fourth-order valence-corrected chi connectivity index (χ4v) is 3.35. The number of hydrogen-bond acceptors (Lipinski definition) is 4. The molecule has 1 aromatic rings. The standard InChI is InChI=1S/C20H24O4/c1-13-10-14(2)17(15(3)11-13)7-6-16-8-9-20(12-16,18(21)23-4)19(22)24-5/h6-8,10-11H,9,12H2,1-5H3/b7-6+. The quantitative estimate of drug-likeness (QED) is 0.625. The lowest BCUT2D eigenvalue weighted by molar-refractivity contribution is -0.168. The molecule has 0 saturated carbocycles. The molecule has 4 heteroatoms. The molecule has 0 bridgehead atoms. The van der Waals surface area contributed by atoms with Crippen molar-refractivity contribution < 1.29 is 19.1 Å². The van der Waals surface area contributed by atoms with Crippen molar-refractivity contribution in [1.29, 1.82) is 0 Å². The summed E-state index contributed by atoms with van der Waals surface area (Å²) in [5.41, 5.74) is 4.49. The molecule has 0 atom stereocenters. The van der Waals surface area contributed by atoms with Gasteiger partial charge in [0.15, 0.2) is 5.41 Å². The van der Waals surface area contributed by atoms with E-state index in [0.29, 0.717) is 12.8 Å². The van der Waals surface area contributed by atoms with Gasteiger partial charge in [0.25, 0.3) is 0 Å². The van der Waals surface area contributed by atoms with Crippen molar-refractivity contribution in [2.45, 2.75) is 33.6 Å². The average Bonchev–Trinajstić information content (AvgIpc) is 2.97. The Morgan fingerprint density at radius 1 is 1.00 bits per heavy atom. The second-order valence-electron chi connectivity index (χ2n) is 6.37. The van der Waals surface area contributed by atoms with E-state index in [2.05, 4.69) is 32.9 Å². The lowest BCUT2D eigenvalue weighted by Gasteiger charge is -2.22. The summed E-state index contributed by atoms with van der Waals surface area (Å²) < 4.78 is 9.65. The van der Waals surface area contributed by atoms with E-state index in [4.69, 9.17) is 9.47 Å². The first-order valence-electron chi connectivity index (χ1n) is 7.96. The van der Waals surface area contributed by atoms with Gasteiger partial charge in [-0.05, 0) is 50.3 Å². The molecule has 4 nitrogen and oxygen atoms in total. The van der Waals surface area contributed by atoms with E-state index in [-0.39, 0.29) is 0 Å². The fraction of sp³-hybridized carbons (Fsp3) is 0.400. The molecule has 128 valence electrons. The van der Waals surface area contributed by atoms with Crippen LogP contribution in [0.3, 0.4) is 0 Å². The maximum absolute atomic E-state index is 12.1. The zero-order chi connectivity index (χ0) is 17.9. The van der Waals surface area contributed by atoms with Crippen LogP contribution in [0.2, 0.25) is 0 Å². The Balaban J connectivity index is 2.24. The lowest BCUT2D eigenvalue weighted by Crippen LogP contribution is -2.39. The van der Waals surface area contributed by atoms with Crippen molar-refractivity contribution in [2.24, 2.45) is 5.41 Å². The highest BCUT2D eigenvalue weighted by Gasteiger charge is 2.50. The van der Waals surface area contributed by atoms with Crippen molar-refractivity contribution in [3.63, 3.8) is 0 Å². The highest BCUT2D eigenvalue weighted by Crippen LogP contribution is 2.40. The molecule has 0 unspecified atom stereocenters. The molecule has 1 aliphatic carbocycles. The molecule has 0 aromatic heterocycles. The molecule has 0 aliphatic heterocycles. The van der Waals surface area contributed by atoms with Crippen molar-refractivity contribution in [3.05, 3.63) is 52.1 Å². The fourth-order valence-electron chi connectivity index (χ4n) is 3.35. The number of esters is 2. The third-order valence-corrected chi connectivity index (χ3v) is 4.57. The number of rotatable bonds is 4. The van der Waals surface area contributed by atoms with Crippen LogP contribution >= 0.6 is 0 Å². The second-order valence-corrected chi connectivity index (χ2v) is 6.37. The number of carbonyl (C=O) groups is 2. The van der Waals surface area contributed by atoms with Crippen LogP contribution in [0.5, 0.6) is 0 Å². The normalized spacial score (nSPS) is 16.1. The van der Waals surface area contributed by atoms with Crippen LogP contribution in [0, 0.1) is 26.2 Å². The van der Waals surface area contributed by atoms with Crippen molar-refractivity contribution in [1.82, 2.24) is 0 Å². The molecule has 0 amide bonds. The maximum atomic E-state index is 12.1. The van der Waals surface area contributed by atoms with Crippen LogP contribution in [0.25, 0.3) is 6.08 Å². The zero-order valence-corrected chi connectivity index (χ0v) is 14.9. The van der Waals surface area contributed by atoms with Crippen LogP contribution in [-0.2, 0) is 19.1 Å². The Kier molecular flexibility index (Phi) is 5.27. The summed E-state index contributed by atoms with van der Waals surface area (Å²) in [6.07, 6.45) is 6.52. The number of allylic oxidation sites excluding steroid dienone is 3. The van der Waals surface area contributed by atoms with E-state index < -0.39 is 17.4 Å². The van der Waals surface area contributed by atoms with Gasteiger partial charge < -0.3 is 9.47 Å². The van der Waals surface area contributed by atoms with Crippen LogP contribution in [0.1, 0.15) is 35.1 Å². The molecule has 0 N–H and O–H groups in total. The Labute approximate surface area is 143 Å². The van der Waals surface area contributed by atoms with E-state index in [1.165, 1.54) is 30.9 Å². The first kappa shape index (κ1) is 18.0. The summed E-state index contributed by atoms with van der Waals surface area (Å²) in [5.74, 6) is -1.09. The first-order chi connectivity index (χ1) is 11.3. The molecular weight excluding hydrogens is 304 g/mol. The predicted octanol–water partition coefficient (Wildman–Crippen LogP) is 3.68. The van der Waals surface area contributed by atoms with E-state index in [9.17, 15) is 9.59 Å². The molecule has 24 heavy (non-hydrogen) atoms. The third-order valence-electron chi connectivity index (χ3n) is 4.57. The number of benzene rings is 1. The average molecular weight is 328 g/mol. The molecule has 0 spiro atoms.